The van der Waals surface area contributed by atoms with Gasteiger partial charge in [-0.05, 0) is 99.5 Å². The van der Waals surface area contributed by atoms with Gasteiger partial charge in [-0.25, -0.2) is 0 Å². The van der Waals surface area contributed by atoms with Gasteiger partial charge >= 0.3 is 0 Å². The summed E-state index contributed by atoms with van der Waals surface area (Å²) in [5, 5.41) is 0. The molecule has 0 spiro atoms. The minimum Gasteiger partial charge on any atom is -0.491 e. The van der Waals surface area contributed by atoms with Crippen LogP contribution >= 0.6 is 0 Å². The molecule has 7 heteroatoms. The average molecular weight is 987 g/mol. The second kappa shape index (κ2) is 22.9. The van der Waals surface area contributed by atoms with Crippen LogP contribution in [0.2, 0.25) is 0 Å². The molecule has 6 aromatic carbocycles. The fourth-order valence-electron chi connectivity index (χ4n) is 9.77. The number of rotatable bonds is 6. The zero-order valence-corrected chi connectivity index (χ0v) is 46.1. The summed E-state index contributed by atoms with van der Waals surface area (Å²) in [5.74, 6) is 3.56. The molecule has 8 rings (SSSR count). The molecule has 73 heavy (non-hydrogen) atoms. The highest BCUT2D eigenvalue weighted by Gasteiger charge is 2.30. The second-order valence-corrected chi connectivity index (χ2v) is 24.3. The Hall–Kier alpha value is -5.60. The summed E-state index contributed by atoms with van der Waals surface area (Å²) in [6.07, 6.45) is 2.34. The predicted octanol–water partition coefficient (Wildman–Crippen LogP) is 14.5. The van der Waals surface area contributed by atoms with Gasteiger partial charge in [0.1, 0.15) is 49.4 Å². The van der Waals surface area contributed by atoms with Crippen LogP contribution < -0.4 is 18.9 Å². The van der Waals surface area contributed by atoms with Crippen molar-refractivity contribution in [2.45, 2.75) is 144 Å². The molecule has 1 heterocycles. The van der Waals surface area contributed by atoms with Crippen LogP contribution in [0.15, 0.2) is 109 Å². The van der Waals surface area contributed by atoms with Gasteiger partial charge < -0.3 is 33.2 Å². The monoisotopic (exact) mass is 987 g/mol. The first-order chi connectivity index (χ1) is 34.7. The molecule has 0 N–H and O–H groups in total. The Kier molecular flexibility index (Phi) is 16.8. The first-order valence-corrected chi connectivity index (χ1v) is 26.7. The minimum atomic E-state index is -0.167. The quantitative estimate of drug-likeness (QED) is 0.164. The van der Waals surface area contributed by atoms with Crippen LogP contribution in [0.4, 0.5) is 0 Å². The molecular weight excluding hydrogens is 905 g/mol. The van der Waals surface area contributed by atoms with Gasteiger partial charge in [0.05, 0.1) is 39.6 Å². The van der Waals surface area contributed by atoms with E-state index in [0.717, 1.165) is 78.6 Å². The molecule has 2 aliphatic rings. The smallest absolute Gasteiger partial charge is 0.126 e. The van der Waals surface area contributed by atoms with E-state index >= 15 is 0 Å². The Morgan fingerprint density at radius 2 is 0.575 bits per heavy atom. The summed E-state index contributed by atoms with van der Waals surface area (Å²) in [5.41, 5.74) is 15.5. The SMILES string of the molecule is CC(C)(C)c1cc2c3c(c1)Cc1cc(C(C)(C)C)cc(c1OCc1ccccc1)Cc1cc(C(C)(C)C)cc(c1OCCOCCOCCOCCO3)Cc1cc(C(C)(C)C)cc(c1OCc1ccccc1)C2. The molecule has 7 nitrogen and oxygen atoms in total. The van der Waals surface area contributed by atoms with E-state index in [1.54, 1.807) is 0 Å². The van der Waals surface area contributed by atoms with E-state index in [-0.39, 0.29) is 21.7 Å². The minimum absolute atomic E-state index is 0.162. The molecular formula is C66H82O7. The molecule has 0 unspecified atom stereocenters. The number of hydrogen-bond donors (Lipinski definition) is 0. The first kappa shape index (κ1) is 53.7. The lowest BCUT2D eigenvalue weighted by Gasteiger charge is -2.29. The molecule has 10 bridgehead atoms. The van der Waals surface area contributed by atoms with Gasteiger partial charge in [0.15, 0.2) is 0 Å². The summed E-state index contributed by atoms with van der Waals surface area (Å²) < 4.78 is 47.0. The van der Waals surface area contributed by atoms with Gasteiger partial charge in [0.2, 0.25) is 0 Å². The lowest BCUT2D eigenvalue weighted by Crippen LogP contribution is -2.19. The first-order valence-electron chi connectivity index (χ1n) is 26.7. The molecule has 1 aliphatic carbocycles. The van der Waals surface area contributed by atoms with Crippen LogP contribution in [0.1, 0.15) is 161 Å². The lowest BCUT2D eigenvalue weighted by molar-refractivity contribution is 0.00484. The Morgan fingerprint density at radius 3 is 0.836 bits per heavy atom. The third-order valence-electron chi connectivity index (χ3n) is 14.1. The van der Waals surface area contributed by atoms with Crippen LogP contribution in [0.5, 0.6) is 23.0 Å². The van der Waals surface area contributed by atoms with E-state index in [0.29, 0.717) is 91.8 Å². The van der Waals surface area contributed by atoms with E-state index < -0.39 is 0 Å². The molecule has 0 saturated carbocycles. The third-order valence-corrected chi connectivity index (χ3v) is 14.1. The highest BCUT2D eigenvalue weighted by atomic mass is 16.6. The summed E-state index contributed by atoms with van der Waals surface area (Å²) in [6.45, 7) is 32.0. The largest absolute Gasteiger partial charge is 0.491 e. The maximum Gasteiger partial charge on any atom is 0.126 e. The molecule has 0 atom stereocenters. The van der Waals surface area contributed by atoms with E-state index in [1.165, 1.54) is 22.3 Å². The van der Waals surface area contributed by atoms with E-state index in [4.69, 9.17) is 33.2 Å². The Balaban J connectivity index is 1.48. The van der Waals surface area contributed by atoms with Crippen molar-refractivity contribution in [2.75, 3.05) is 52.9 Å². The van der Waals surface area contributed by atoms with Crippen molar-refractivity contribution in [3.63, 3.8) is 0 Å². The average Bonchev–Trinajstić information content (AvgIpc) is 3.32. The third kappa shape index (κ3) is 14.0. The standard InChI is InChI=1S/C66H82O7/c1-63(2,3)55-35-47-31-51-39-57(65(7,8)9)41-53(61(51)72-43-45-19-15-13-16-20-45)33-49-37-56(64(4,5)6)38-50-34-54-42-58(66(10,11)12)40-52(62(54)73-44-46-21-17-14-18-22-46)32-48(36-55)59(47)70-29-27-68-25-23-67-24-26-69-28-30-71-60(49)50/h13-22,35-42H,23-34,43-44H2,1-12H3. The zero-order valence-electron chi connectivity index (χ0n) is 46.1. The van der Waals surface area contributed by atoms with Crippen molar-refractivity contribution >= 4 is 0 Å². The molecule has 1 aliphatic heterocycles. The maximum atomic E-state index is 7.24. The second-order valence-electron chi connectivity index (χ2n) is 24.3. The molecule has 0 saturated heterocycles. The van der Waals surface area contributed by atoms with Gasteiger partial charge in [0.25, 0.3) is 0 Å². The number of ether oxygens (including phenoxy) is 7. The van der Waals surface area contributed by atoms with Crippen molar-refractivity contribution in [1.29, 1.82) is 0 Å². The van der Waals surface area contributed by atoms with Crippen LogP contribution in [0.25, 0.3) is 0 Å². The normalized spacial score (nSPS) is 15.5. The van der Waals surface area contributed by atoms with Gasteiger partial charge in [-0.2, -0.15) is 0 Å². The molecule has 0 fully saturated rings. The number of benzene rings is 6. The molecule has 0 radical (unpaired) electrons. The van der Waals surface area contributed by atoms with Crippen molar-refractivity contribution in [3.8, 4) is 23.0 Å². The fourth-order valence-corrected chi connectivity index (χ4v) is 9.77. The van der Waals surface area contributed by atoms with Gasteiger partial charge in [0, 0.05) is 25.7 Å². The zero-order chi connectivity index (χ0) is 52.0. The summed E-state index contributed by atoms with van der Waals surface area (Å²) in [6, 6.07) is 40.1. The topological polar surface area (TPSA) is 64.6 Å². The summed E-state index contributed by atoms with van der Waals surface area (Å²) in [7, 11) is 0. The highest BCUT2D eigenvalue weighted by Crippen LogP contribution is 2.45. The summed E-state index contributed by atoms with van der Waals surface area (Å²) in [4.78, 5) is 0. The van der Waals surface area contributed by atoms with E-state index in [1.807, 2.05) is 0 Å². The Labute approximate surface area is 437 Å². The Morgan fingerprint density at radius 1 is 0.329 bits per heavy atom. The van der Waals surface area contributed by atoms with Crippen molar-refractivity contribution < 1.29 is 33.2 Å². The number of fused-ring (bicyclic) bond motifs is 2. The van der Waals surface area contributed by atoms with Crippen LogP contribution in [-0.2, 0) is 74.8 Å². The van der Waals surface area contributed by atoms with Crippen LogP contribution in [0.3, 0.4) is 0 Å². The summed E-state index contributed by atoms with van der Waals surface area (Å²) >= 11 is 0. The molecule has 6 aromatic rings. The Bertz CT molecular complexity index is 2510. The van der Waals surface area contributed by atoms with Crippen molar-refractivity contribution in [1.82, 2.24) is 0 Å². The van der Waals surface area contributed by atoms with Crippen molar-refractivity contribution in [3.05, 3.63) is 187 Å². The van der Waals surface area contributed by atoms with Crippen LogP contribution in [0, 0.1) is 0 Å². The lowest BCUT2D eigenvalue weighted by atomic mass is 9.79. The van der Waals surface area contributed by atoms with E-state index in [9.17, 15) is 0 Å². The van der Waals surface area contributed by atoms with Gasteiger partial charge in [-0.1, -0.05) is 192 Å². The van der Waals surface area contributed by atoms with Gasteiger partial charge in [-0.3, -0.25) is 0 Å². The molecule has 388 valence electrons. The fraction of sp³-hybridized carbons (Fsp3) is 0.455. The van der Waals surface area contributed by atoms with Crippen LogP contribution in [-0.4, -0.2) is 52.9 Å². The highest BCUT2D eigenvalue weighted by molar-refractivity contribution is 5.60. The van der Waals surface area contributed by atoms with Crippen molar-refractivity contribution in [2.24, 2.45) is 0 Å². The molecule has 0 aromatic heterocycles. The van der Waals surface area contributed by atoms with Gasteiger partial charge in [-0.15, -0.1) is 0 Å². The number of hydrogen-bond acceptors (Lipinski definition) is 7. The molecule has 0 amide bonds. The maximum absolute atomic E-state index is 7.24. The predicted molar refractivity (Wildman–Crippen MR) is 297 cm³/mol. The van der Waals surface area contributed by atoms with E-state index in [2.05, 4.69) is 192 Å².